The van der Waals surface area contributed by atoms with E-state index in [-0.39, 0.29) is 24.2 Å². The summed E-state index contributed by atoms with van der Waals surface area (Å²) < 4.78 is 14.5. The molecule has 4 unspecified atom stereocenters. The number of fused-ring (bicyclic) bond motifs is 2. The SMILES string of the molecule is Cc1[nH]ncc1-c1ccc(CC(N)NC(=O)C2NC3CCC2C3)c(F)c1. The maximum atomic E-state index is 14.5. The third-order valence-electron chi connectivity index (χ3n) is 5.60. The Kier molecular flexibility index (Phi) is 4.50. The number of carbonyl (C=O) groups is 1. The van der Waals surface area contributed by atoms with Crippen LogP contribution in [-0.4, -0.2) is 34.4 Å². The van der Waals surface area contributed by atoms with Gasteiger partial charge in [0.1, 0.15) is 5.82 Å². The molecule has 1 saturated heterocycles. The summed E-state index contributed by atoms with van der Waals surface area (Å²) >= 11 is 0. The summed E-state index contributed by atoms with van der Waals surface area (Å²) in [4.78, 5) is 12.4. The van der Waals surface area contributed by atoms with Crippen molar-refractivity contribution in [3.05, 3.63) is 41.5 Å². The van der Waals surface area contributed by atoms with E-state index in [1.54, 1.807) is 12.3 Å². The Bertz CT molecular complexity index is 820. The van der Waals surface area contributed by atoms with Crippen molar-refractivity contribution in [2.75, 3.05) is 0 Å². The van der Waals surface area contributed by atoms with Crippen molar-refractivity contribution in [2.24, 2.45) is 11.7 Å². The fraction of sp³-hybridized carbons (Fsp3) is 0.474. The number of halogens is 1. The summed E-state index contributed by atoms with van der Waals surface area (Å²) in [6.07, 6.45) is 4.63. The lowest BCUT2D eigenvalue weighted by atomic mass is 9.99. The van der Waals surface area contributed by atoms with Crippen molar-refractivity contribution in [1.29, 1.82) is 0 Å². The van der Waals surface area contributed by atoms with Gasteiger partial charge in [0.2, 0.25) is 5.91 Å². The summed E-state index contributed by atoms with van der Waals surface area (Å²) in [5, 5.41) is 13.0. The van der Waals surface area contributed by atoms with Crippen molar-refractivity contribution in [3.8, 4) is 11.1 Å². The van der Waals surface area contributed by atoms with Gasteiger partial charge in [-0.2, -0.15) is 5.10 Å². The molecule has 2 heterocycles. The minimum Gasteiger partial charge on any atom is -0.339 e. The average Bonchev–Trinajstić information content (AvgIpc) is 3.33. The van der Waals surface area contributed by atoms with Gasteiger partial charge in [0, 0.05) is 23.7 Å². The highest BCUT2D eigenvalue weighted by molar-refractivity contribution is 5.83. The number of piperidine rings is 1. The minimum atomic E-state index is -0.612. The zero-order valence-corrected chi connectivity index (χ0v) is 14.8. The molecule has 5 N–H and O–H groups in total. The van der Waals surface area contributed by atoms with E-state index in [0.29, 0.717) is 17.5 Å². The van der Waals surface area contributed by atoms with Gasteiger partial charge < -0.3 is 16.4 Å². The molecular weight excluding hydrogens is 333 g/mol. The number of aromatic nitrogens is 2. The maximum absolute atomic E-state index is 14.5. The Morgan fingerprint density at radius 3 is 2.92 bits per heavy atom. The quantitative estimate of drug-likeness (QED) is 0.611. The zero-order chi connectivity index (χ0) is 18.3. The molecule has 1 aliphatic heterocycles. The summed E-state index contributed by atoms with van der Waals surface area (Å²) in [7, 11) is 0. The maximum Gasteiger partial charge on any atom is 0.238 e. The first kappa shape index (κ1) is 17.2. The van der Waals surface area contributed by atoms with Gasteiger partial charge in [0.15, 0.2) is 0 Å². The topological polar surface area (TPSA) is 95.8 Å². The number of nitrogens with two attached hydrogens (primary N) is 1. The van der Waals surface area contributed by atoms with Crippen LogP contribution < -0.4 is 16.4 Å². The number of carbonyl (C=O) groups excluding carboxylic acids is 1. The van der Waals surface area contributed by atoms with Crippen molar-refractivity contribution >= 4 is 5.91 Å². The standard InChI is InChI=1S/C19H24FN5O/c1-10-15(9-22-25-10)11-2-3-12(16(20)7-11)8-17(21)24-19(26)18-13-4-5-14(6-13)23-18/h2-3,7,9,13-14,17-18,23H,4-6,8,21H2,1H3,(H,22,25)(H,24,26). The lowest BCUT2D eigenvalue weighted by Crippen LogP contribution is -2.53. The van der Waals surface area contributed by atoms with Crippen molar-refractivity contribution < 1.29 is 9.18 Å². The van der Waals surface area contributed by atoms with Gasteiger partial charge in [0.25, 0.3) is 0 Å². The third-order valence-corrected chi connectivity index (χ3v) is 5.60. The number of aromatic amines is 1. The molecule has 6 nitrogen and oxygen atoms in total. The van der Waals surface area contributed by atoms with Crippen LogP contribution in [0.15, 0.2) is 24.4 Å². The molecule has 2 aromatic rings. The van der Waals surface area contributed by atoms with E-state index in [9.17, 15) is 9.18 Å². The molecule has 4 atom stereocenters. The largest absolute Gasteiger partial charge is 0.339 e. The molecule has 2 bridgehead atoms. The fourth-order valence-electron chi connectivity index (χ4n) is 4.23. The van der Waals surface area contributed by atoms with Crippen molar-refractivity contribution in [2.45, 2.75) is 50.9 Å². The first-order chi connectivity index (χ1) is 12.5. The monoisotopic (exact) mass is 357 g/mol. The van der Waals surface area contributed by atoms with E-state index in [1.165, 1.54) is 6.07 Å². The highest BCUT2D eigenvalue weighted by atomic mass is 19.1. The number of nitrogens with zero attached hydrogens (tertiary/aromatic N) is 1. The Hall–Kier alpha value is -2.25. The van der Waals surface area contributed by atoms with Gasteiger partial charge in [-0.15, -0.1) is 0 Å². The third kappa shape index (κ3) is 3.24. The molecule has 0 radical (unpaired) electrons. The highest BCUT2D eigenvalue weighted by Gasteiger charge is 2.42. The average molecular weight is 357 g/mol. The second-order valence-corrected chi connectivity index (χ2v) is 7.45. The molecule has 1 amide bonds. The fourth-order valence-corrected chi connectivity index (χ4v) is 4.23. The van der Waals surface area contributed by atoms with E-state index < -0.39 is 6.17 Å². The molecule has 1 aromatic carbocycles. The summed E-state index contributed by atoms with van der Waals surface area (Å²) in [6, 6.07) is 5.36. The molecule has 26 heavy (non-hydrogen) atoms. The number of H-pyrrole nitrogens is 1. The number of benzene rings is 1. The summed E-state index contributed by atoms with van der Waals surface area (Å²) in [5.41, 5.74) is 9.07. The molecule has 7 heteroatoms. The molecule has 138 valence electrons. The number of aryl methyl sites for hydroxylation is 1. The zero-order valence-electron chi connectivity index (χ0n) is 14.8. The number of hydrogen-bond acceptors (Lipinski definition) is 4. The number of nitrogens with one attached hydrogen (secondary N) is 3. The van der Waals surface area contributed by atoms with Gasteiger partial charge in [-0.3, -0.25) is 9.89 Å². The van der Waals surface area contributed by atoms with Crippen LogP contribution in [0.2, 0.25) is 0 Å². The van der Waals surface area contributed by atoms with Crippen LogP contribution in [0.5, 0.6) is 0 Å². The van der Waals surface area contributed by atoms with Gasteiger partial charge in [-0.05, 0) is 49.3 Å². The second kappa shape index (κ2) is 6.81. The molecule has 1 saturated carbocycles. The second-order valence-electron chi connectivity index (χ2n) is 7.45. The van der Waals surface area contributed by atoms with Gasteiger partial charge in [-0.25, -0.2) is 4.39 Å². The molecule has 2 aliphatic rings. The van der Waals surface area contributed by atoms with Crippen molar-refractivity contribution in [1.82, 2.24) is 20.8 Å². The van der Waals surface area contributed by atoms with E-state index >= 15 is 0 Å². The van der Waals surface area contributed by atoms with Gasteiger partial charge in [-0.1, -0.05) is 12.1 Å². The van der Waals surface area contributed by atoms with E-state index in [2.05, 4.69) is 20.8 Å². The van der Waals surface area contributed by atoms with Crippen LogP contribution in [0.25, 0.3) is 11.1 Å². The van der Waals surface area contributed by atoms with E-state index in [4.69, 9.17) is 5.73 Å². The van der Waals surface area contributed by atoms with Gasteiger partial charge in [0.05, 0.1) is 18.4 Å². The summed E-state index contributed by atoms with van der Waals surface area (Å²) in [6.45, 7) is 1.89. The lowest BCUT2D eigenvalue weighted by molar-refractivity contribution is -0.124. The minimum absolute atomic E-state index is 0.0734. The Morgan fingerprint density at radius 1 is 1.46 bits per heavy atom. The van der Waals surface area contributed by atoms with Crippen LogP contribution in [0.1, 0.15) is 30.5 Å². The molecule has 0 spiro atoms. The smallest absolute Gasteiger partial charge is 0.238 e. The molecular formula is C19H24FN5O. The van der Waals surface area contributed by atoms with E-state index in [0.717, 1.165) is 36.1 Å². The number of rotatable bonds is 5. The molecule has 1 aliphatic carbocycles. The van der Waals surface area contributed by atoms with Crippen LogP contribution in [0.3, 0.4) is 0 Å². The van der Waals surface area contributed by atoms with Crippen LogP contribution in [0.4, 0.5) is 4.39 Å². The first-order valence-corrected chi connectivity index (χ1v) is 9.12. The van der Waals surface area contributed by atoms with Crippen molar-refractivity contribution in [3.63, 3.8) is 0 Å². The summed E-state index contributed by atoms with van der Waals surface area (Å²) in [5.74, 6) is 0.00279. The van der Waals surface area contributed by atoms with Crippen LogP contribution >= 0.6 is 0 Å². The predicted molar refractivity (Wildman–Crippen MR) is 96.6 cm³/mol. The number of amides is 1. The van der Waals surface area contributed by atoms with Crippen LogP contribution in [0, 0.1) is 18.7 Å². The molecule has 2 fully saturated rings. The van der Waals surface area contributed by atoms with Crippen LogP contribution in [-0.2, 0) is 11.2 Å². The Morgan fingerprint density at radius 2 is 2.31 bits per heavy atom. The highest BCUT2D eigenvalue weighted by Crippen LogP contribution is 2.35. The lowest BCUT2D eigenvalue weighted by Gasteiger charge is -2.24. The normalized spacial score (nSPS) is 25.4. The Balaban J connectivity index is 1.39. The molecule has 1 aromatic heterocycles. The van der Waals surface area contributed by atoms with E-state index in [1.807, 2.05) is 13.0 Å². The Labute approximate surface area is 151 Å². The molecule has 4 rings (SSSR count). The first-order valence-electron chi connectivity index (χ1n) is 9.12. The predicted octanol–water partition coefficient (Wildman–Crippen LogP) is 1.61. The van der Waals surface area contributed by atoms with Gasteiger partial charge >= 0.3 is 0 Å². The number of hydrogen-bond donors (Lipinski definition) is 4.